The van der Waals surface area contributed by atoms with E-state index in [-0.39, 0.29) is 0 Å². The summed E-state index contributed by atoms with van der Waals surface area (Å²) < 4.78 is 0. The summed E-state index contributed by atoms with van der Waals surface area (Å²) >= 11 is 0. The maximum absolute atomic E-state index is 8.92. The zero-order valence-electron chi connectivity index (χ0n) is 10.5. The van der Waals surface area contributed by atoms with Crippen LogP contribution in [-0.2, 0) is 0 Å². The van der Waals surface area contributed by atoms with Crippen LogP contribution < -0.4 is 5.32 Å². The molecular formula is C14H19N3. The van der Waals surface area contributed by atoms with E-state index < -0.39 is 0 Å². The van der Waals surface area contributed by atoms with Crippen molar-refractivity contribution in [1.29, 1.82) is 5.26 Å². The fraction of sp³-hybridized carbons (Fsp3) is 0.500. The standard InChI is InChI=1S/C14H19N3/c1-11(17-7-6-14(10-17)16-2)13-5-3-4-12(8-13)9-15/h3-5,8,11,14,16H,6-7,10H2,1-2H3. The summed E-state index contributed by atoms with van der Waals surface area (Å²) in [7, 11) is 2.02. The van der Waals surface area contributed by atoms with E-state index in [1.54, 1.807) is 0 Å². The number of nitrogens with one attached hydrogen (secondary N) is 1. The lowest BCUT2D eigenvalue weighted by Gasteiger charge is -2.24. The van der Waals surface area contributed by atoms with Gasteiger partial charge in [-0.3, -0.25) is 4.90 Å². The van der Waals surface area contributed by atoms with Gasteiger partial charge in [0.1, 0.15) is 0 Å². The molecule has 0 aromatic heterocycles. The maximum atomic E-state index is 8.92. The SMILES string of the molecule is CNC1CCN(C(C)c2cccc(C#N)c2)C1. The van der Waals surface area contributed by atoms with Crippen LogP contribution in [0, 0.1) is 11.3 Å². The van der Waals surface area contributed by atoms with Gasteiger partial charge in [0, 0.05) is 25.2 Å². The Kier molecular flexibility index (Phi) is 3.78. The van der Waals surface area contributed by atoms with E-state index in [9.17, 15) is 0 Å². The Morgan fingerprint density at radius 3 is 3.00 bits per heavy atom. The highest BCUT2D eigenvalue weighted by Crippen LogP contribution is 2.25. The third kappa shape index (κ3) is 2.66. The number of nitriles is 1. The smallest absolute Gasteiger partial charge is 0.0991 e. The van der Waals surface area contributed by atoms with E-state index >= 15 is 0 Å². The maximum Gasteiger partial charge on any atom is 0.0991 e. The summed E-state index contributed by atoms with van der Waals surface area (Å²) in [6.07, 6.45) is 1.21. The predicted molar refractivity (Wildman–Crippen MR) is 68.6 cm³/mol. The molecule has 90 valence electrons. The first-order chi connectivity index (χ1) is 8.24. The Hall–Kier alpha value is -1.37. The summed E-state index contributed by atoms with van der Waals surface area (Å²) in [6, 6.07) is 11.1. The summed E-state index contributed by atoms with van der Waals surface area (Å²) in [6.45, 7) is 4.44. The molecule has 1 heterocycles. The minimum absolute atomic E-state index is 0.390. The quantitative estimate of drug-likeness (QED) is 0.860. The van der Waals surface area contributed by atoms with Crippen molar-refractivity contribution in [3.05, 3.63) is 35.4 Å². The van der Waals surface area contributed by atoms with Crippen LogP contribution in [0.1, 0.15) is 30.5 Å². The minimum Gasteiger partial charge on any atom is -0.316 e. The number of likely N-dealkylation sites (tertiary alicyclic amines) is 1. The number of hydrogen-bond acceptors (Lipinski definition) is 3. The largest absolute Gasteiger partial charge is 0.316 e. The van der Waals surface area contributed by atoms with Crippen molar-refractivity contribution in [3.63, 3.8) is 0 Å². The summed E-state index contributed by atoms with van der Waals surface area (Å²) in [5.41, 5.74) is 1.99. The Morgan fingerprint density at radius 1 is 1.53 bits per heavy atom. The van der Waals surface area contributed by atoms with Crippen LogP contribution >= 0.6 is 0 Å². The fourth-order valence-corrected chi connectivity index (χ4v) is 2.45. The van der Waals surface area contributed by atoms with Gasteiger partial charge in [-0.1, -0.05) is 12.1 Å². The van der Waals surface area contributed by atoms with E-state index in [4.69, 9.17) is 5.26 Å². The highest BCUT2D eigenvalue weighted by molar-refractivity contribution is 5.34. The topological polar surface area (TPSA) is 39.1 Å². The Morgan fingerprint density at radius 2 is 2.35 bits per heavy atom. The lowest BCUT2D eigenvalue weighted by Crippen LogP contribution is -2.31. The van der Waals surface area contributed by atoms with Gasteiger partial charge in [-0.2, -0.15) is 5.26 Å². The zero-order valence-corrected chi connectivity index (χ0v) is 10.5. The molecule has 0 amide bonds. The van der Waals surface area contributed by atoms with Gasteiger partial charge in [-0.15, -0.1) is 0 Å². The van der Waals surface area contributed by atoms with Crippen molar-refractivity contribution in [1.82, 2.24) is 10.2 Å². The van der Waals surface area contributed by atoms with Crippen LogP contribution in [0.25, 0.3) is 0 Å². The van der Waals surface area contributed by atoms with E-state index in [1.165, 1.54) is 12.0 Å². The number of likely N-dealkylation sites (N-methyl/N-ethyl adjacent to an activating group) is 1. The number of benzene rings is 1. The highest BCUT2D eigenvalue weighted by atomic mass is 15.2. The van der Waals surface area contributed by atoms with Gasteiger partial charge in [0.15, 0.2) is 0 Å². The number of hydrogen-bond donors (Lipinski definition) is 1. The lowest BCUT2D eigenvalue weighted by atomic mass is 10.0. The Balaban J connectivity index is 2.09. The molecule has 1 aromatic carbocycles. The van der Waals surface area contributed by atoms with Gasteiger partial charge in [0.05, 0.1) is 11.6 Å². The van der Waals surface area contributed by atoms with Gasteiger partial charge in [-0.25, -0.2) is 0 Å². The predicted octanol–water partition coefficient (Wildman–Crippen LogP) is 1.91. The van der Waals surface area contributed by atoms with Gasteiger partial charge < -0.3 is 5.32 Å². The fourth-order valence-electron chi connectivity index (χ4n) is 2.45. The van der Waals surface area contributed by atoms with Crippen molar-refractivity contribution in [2.75, 3.05) is 20.1 Å². The highest BCUT2D eigenvalue weighted by Gasteiger charge is 2.25. The van der Waals surface area contributed by atoms with Gasteiger partial charge in [-0.05, 0) is 38.1 Å². The van der Waals surface area contributed by atoms with Crippen LogP contribution in [0.15, 0.2) is 24.3 Å². The van der Waals surface area contributed by atoms with Gasteiger partial charge in [0.25, 0.3) is 0 Å². The monoisotopic (exact) mass is 229 g/mol. The first-order valence-electron chi connectivity index (χ1n) is 6.16. The Bertz CT molecular complexity index is 422. The molecular weight excluding hydrogens is 210 g/mol. The molecule has 2 unspecified atom stereocenters. The van der Waals surface area contributed by atoms with Crippen molar-refractivity contribution in [2.45, 2.75) is 25.4 Å². The Labute approximate surface area is 103 Å². The van der Waals surface area contributed by atoms with Crippen LogP contribution in [-0.4, -0.2) is 31.1 Å². The van der Waals surface area contributed by atoms with Crippen LogP contribution in [0.2, 0.25) is 0 Å². The van der Waals surface area contributed by atoms with E-state index in [0.717, 1.165) is 18.7 Å². The van der Waals surface area contributed by atoms with Crippen molar-refractivity contribution >= 4 is 0 Å². The first-order valence-corrected chi connectivity index (χ1v) is 6.16. The summed E-state index contributed by atoms with van der Waals surface area (Å²) in [5, 5.41) is 12.2. The second kappa shape index (κ2) is 5.31. The molecule has 2 rings (SSSR count). The molecule has 2 atom stereocenters. The first kappa shape index (κ1) is 12.1. The van der Waals surface area contributed by atoms with Gasteiger partial charge in [0.2, 0.25) is 0 Å². The van der Waals surface area contributed by atoms with Crippen molar-refractivity contribution in [2.24, 2.45) is 0 Å². The molecule has 17 heavy (non-hydrogen) atoms. The average Bonchev–Trinajstić information content (AvgIpc) is 2.86. The van der Waals surface area contributed by atoms with Gasteiger partial charge >= 0.3 is 0 Å². The third-order valence-corrected chi connectivity index (χ3v) is 3.67. The van der Waals surface area contributed by atoms with E-state index in [1.807, 2.05) is 25.2 Å². The number of rotatable bonds is 3. The molecule has 0 aliphatic carbocycles. The molecule has 1 aliphatic rings. The van der Waals surface area contributed by atoms with Crippen LogP contribution in [0.4, 0.5) is 0 Å². The van der Waals surface area contributed by atoms with E-state index in [2.05, 4.69) is 29.3 Å². The molecule has 3 heteroatoms. The van der Waals surface area contributed by atoms with Crippen molar-refractivity contribution < 1.29 is 0 Å². The molecule has 0 bridgehead atoms. The second-order valence-corrected chi connectivity index (χ2v) is 4.68. The van der Waals surface area contributed by atoms with Crippen molar-refractivity contribution in [3.8, 4) is 6.07 Å². The number of nitrogens with zero attached hydrogens (tertiary/aromatic N) is 2. The molecule has 0 radical (unpaired) electrons. The zero-order chi connectivity index (χ0) is 12.3. The summed E-state index contributed by atoms with van der Waals surface area (Å²) in [4.78, 5) is 2.47. The van der Waals surface area contributed by atoms with E-state index in [0.29, 0.717) is 12.1 Å². The molecule has 1 saturated heterocycles. The summed E-state index contributed by atoms with van der Waals surface area (Å²) in [5.74, 6) is 0. The molecule has 1 N–H and O–H groups in total. The molecule has 1 aromatic rings. The second-order valence-electron chi connectivity index (χ2n) is 4.68. The van der Waals surface area contributed by atoms with Crippen LogP contribution in [0.3, 0.4) is 0 Å². The molecule has 1 aliphatic heterocycles. The normalized spacial score (nSPS) is 22.3. The average molecular weight is 229 g/mol. The molecule has 0 saturated carbocycles. The van der Waals surface area contributed by atoms with Crippen LogP contribution in [0.5, 0.6) is 0 Å². The molecule has 3 nitrogen and oxygen atoms in total. The lowest BCUT2D eigenvalue weighted by molar-refractivity contribution is 0.257. The molecule has 1 fully saturated rings. The minimum atomic E-state index is 0.390. The third-order valence-electron chi connectivity index (χ3n) is 3.67. The molecule has 0 spiro atoms.